The summed E-state index contributed by atoms with van der Waals surface area (Å²) in [5.41, 5.74) is 0.880. The first-order chi connectivity index (χ1) is 8.10. The average molecular weight is 258 g/mol. The van der Waals surface area contributed by atoms with Crippen LogP contribution in [0, 0.1) is 0 Å². The number of benzene rings is 1. The van der Waals surface area contributed by atoms with E-state index in [9.17, 15) is 9.46 Å². The van der Waals surface area contributed by atoms with Gasteiger partial charge in [-0.3, -0.25) is 4.57 Å². The molecule has 5 heteroatoms. The van der Waals surface area contributed by atoms with Gasteiger partial charge >= 0.3 is 7.60 Å². The third kappa shape index (κ3) is 4.60. The normalized spacial score (nSPS) is 14.5. The first kappa shape index (κ1) is 14.4. The van der Waals surface area contributed by atoms with Gasteiger partial charge in [-0.05, 0) is 24.1 Å². The lowest BCUT2D eigenvalue weighted by Crippen LogP contribution is -2.07. The fraction of sp³-hybridized carbons (Fsp3) is 0.500. The third-order valence-corrected chi connectivity index (χ3v) is 3.82. The summed E-state index contributed by atoms with van der Waals surface area (Å²) in [6, 6.07) is 6.83. The molecule has 1 rings (SSSR count). The van der Waals surface area contributed by atoms with Gasteiger partial charge in [-0.1, -0.05) is 25.5 Å². The van der Waals surface area contributed by atoms with Crippen molar-refractivity contribution in [1.82, 2.24) is 0 Å². The van der Waals surface area contributed by atoms with E-state index in [1.165, 1.54) is 7.11 Å². The topological polar surface area (TPSA) is 55.8 Å². The number of hydrogen-bond donors (Lipinski definition) is 1. The van der Waals surface area contributed by atoms with E-state index in [4.69, 9.17) is 4.74 Å². The summed E-state index contributed by atoms with van der Waals surface area (Å²) in [5, 5.41) is 0.302. The lowest BCUT2D eigenvalue weighted by atomic mass is 10.2. The highest BCUT2D eigenvalue weighted by atomic mass is 31.2. The van der Waals surface area contributed by atoms with Gasteiger partial charge in [0.25, 0.3) is 0 Å². The fourth-order valence-corrected chi connectivity index (χ4v) is 2.18. The van der Waals surface area contributed by atoms with Crippen LogP contribution in [0.1, 0.15) is 25.3 Å². The quantitative estimate of drug-likeness (QED) is 0.603. The number of ether oxygens (including phenoxy) is 1. The minimum atomic E-state index is -3.65. The molecule has 0 spiro atoms. The lowest BCUT2D eigenvalue weighted by molar-refractivity contribution is 0.118. The zero-order valence-electron chi connectivity index (χ0n) is 10.3. The van der Waals surface area contributed by atoms with Gasteiger partial charge in [-0.2, -0.15) is 0 Å². The van der Waals surface area contributed by atoms with E-state index in [1.54, 1.807) is 18.2 Å². The third-order valence-electron chi connectivity index (χ3n) is 2.40. The van der Waals surface area contributed by atoms with Crippen LogP contribution in [0.15, 0.2) is 24.3 Å². The maximum Gasteiger partial charge on any atom is 0.358 e. The number of rotatable bonds is 7. The second-order valence-corrected chi connectivity index (χ2v) is 5.70. The molecule has 0 aromatic heterocycles. The summed E-state index contributed by atoms with van der Waals surface area (Å²) < 4.78 is 21.6. The molecular formula is C12H19O4P. The van der Waals surface area contributed by atoms with E-state index in [1.807, 2.05) is 6.07 Å². The Morgan fingerprint density at radius 1 is 1.41 bits per heavy atom. The van der Waals surface area contributed by atoms with Crippen LogP contribution in [0.2, 0.25) is 0 Å². The van der Waals surface area contributed by atoms with Gasteiger partial charge in [-0.15, -0.1) is 0 Å². The van der Waals surface area contributed by atoms with Gasteiger partial charge in [0.15, 0.2) is 0 Å². The van der Waals surface area contributed by atoms with Crippen molar-refractivity contribution in [2.24, 2.45) is 0 Å². The van der Waals surface area contributed by atoms with Crippen molar-refractivity contribution in [3.63, 3.8) is 0 Å². The molecule has 17 heavy (non-hydrogen) atoms. The van der Waals surface area contributed by atoms with E-state index in [0.29, 0.717) is 18.5 Å². The van der Waals surface area contributed by atoms with Crippen LogP contribution in [0.3, 0.4) is 0 Å². The number of hydrogen-bond acceptors (Lipinski definition) is 3. The van der Waals surface area contributed by atoms with Crippen molar-refractivity contribution >= 4 is 12.9 Å². The van der Waals surface area contributed by atoms with Crippen molar-refractivity contribution in [3.05, 3.63) is 29.8 Å². The van der Waals surface area contributed by atoms with Crippen LogP contribution >= 0.6 is 7.60 Å². The Morgan fingerprint density at radius 3 is 2.82 bits per heavy atom. The molecule has 1 aromatic carbocycles. The van der Waals surface area contributed by atoms with Gasteiger partial charge in [-0.25, -0.2) is 0 Å². The Morgan fingerprint density at radius 2 is 2.18 bits per heavy atom. The monoisotopic (exact) mass is 258 g/mol. The Labute approximate surface area is 102 Å². The molecular weight excluding hydrogens is 239 g/mol. The molecule has 0 heterocycles. The highest BCUT2D eigenvalue weighted by molar-refractivity contribution is 7.61. The van der Waals surface area contributed by atoms with Gasteiger partial charge in [0.2, 0.25) is 0 Å². The minimum Gasteiger partial charge on any atom is -0.377 e. The lowest BCUT2D eigenvalue weighted by Gasteiger charge is -2.10. The minimum absolute atomic E-state index is 0.302. The SMILES string of the molecule is CCCCOCc1cccc(P(=O)(O)OC)c1. The Hall–Kier alpha value is -0.670. The van der Waals surface area contributed by atoms with E-state index in [-0.39, 0.29) is 0 Å². The Bertz CT molecular complexity index is 392. The van der Waals surface area contributed by atoms with Crippen LogP contribution in [0.25, 0.3) is 0 Å². The van der Waals surface area contributed by atoms with Crippen molar-refractivity contribution in [2.45, 2.75) is 26.4 Å². The molecule has 96 valence electrons. The highest BCUT2D eigenvalue weighted by Gasteiger charge is 2.20. The smallest absolute Gasteiger partial charge is 0.358 e. The summed E-state index contributed by atoms with van der Waals surface area (Å²) >= 11 is 0. The van der Waals surface area contributed by atoms with Gasteiger partial charge in [0.05, 0.1) is 11.9 Å². The van der Waals surface area contributed by atoms with Crippen molar-refractivity contribution in [1.29, 1.82) is 0 Å². The summed E-state index contributed by atoms with van der Waals surface area (Å²) in [7, 11) is -2.43. The molecule has 1 unspecified atom stereocenters. The molecule has 0 aliphatic rings. The summed E-state index contributed by atoms with van der Waals surface area (Å²) in [5.74, 6) is 0. The van der Waals surface area contributed by atoms with Crippen LogP contribution in [-0.2, 0) is 20.4 Å². The predicted molar refractivity (Wildman–Crippen MR) is 67.5 cm³/mol. The highest BCUT2D eigenvalue weighted by Crippen LogP contribution is 2.39. The van der Waals surface area contributed by atoms with E-state index in [2.05, 4.69) is 11.4 Å². The van der Waals surface area contributed by atoms with Gasteiger partial charge in [0, 0.05) is 13.7 Å². The van der Waals surface area contributed by atoms with E-state index >= 15 is 0 Å². The molecule has 0 aliphatic heterocycles. The molecule has 1 atom stereocenters. The Kier molecular flexibility index (Phi) is 5.86. The Balaban J connectivity index is 2.63. The number of unbranched alkanes of at least 4 members (excludes halogenated alkanes) is 1. The first-order valence-electron chi connectivity index (χ1n) is 5.66. The summed E-state index contributed by atoms with van der Waals surface area (Å²) in [4.78, 5) is 9.52. The molecule has 1 N–H and O–H groups in total. The molecule has 0 amide bonds. The molecule has 1 aromatic rings. The van der Waals surface area contributed by atoms with Gasteiger partial charge < -0.3 is 14.2 Å². The molecule has 0 bridgehead atoms. The molecule has 0 saturated heterocycles. The largest absolute Gasteiger partial charge is 0.377 e. The van der Waals surface area contributed by atoms with Crippen LogP contribution in [0.4, 0.5) is 0 Å². The maximum absolute atomic E-state index is 11.6. The van der Waals surface area contributed by atoms with Crippen molar-refractivity contribution in [2.75, 3.05) is 13.7 Å². The second-order valence-electron chi connectivity index (χ2n) is 3.78. The second kappa shape index (κ2) is 6.92. The first-order valence-corrected chi connectivity index (χ1v) is 7.23. The van der Waals surface area contributed by atoms with E-state index in [0.717, 1.165) is 18.4 Å². The van der Waals surface area contributed by atoms with Gasteiger partial charge in [0.1, 0.15) is 0 Å². The molecule has 0 aliphatic carbocycles. The van der Waals surface area contributed by atoms with Crippen molar-refractivity contribution in [3.8, 4) is 0 Å². The van der Waals surface area contributed by atoms with Crippen LogP contribution in [-0.4, -0.2) is 18.6 Å². The van der Waals surface area contributed by atoms with E-state index < -0.39 is 7.60 Å². The van der Waals surface area contributed by atoms with Crippen LogP contribution < -0.4 is 5.30 Å². The predicted octanol–water partition coefficient (Wildman–Crippen LogP) is 2.46. The molecule has 0 fully saturated rings. The van der Waals surface area contributed by atoms with Crippen LogP contribution in [0.5, 0.6) is 0 Å². The maximum atomic E-state index is 11.6. The fourth-order valence-electron chi connectivity index (χ4n) is 1.36. The molecule has 0 radical (unpaired) electrons. The standard InChI is InChI=1S/C12H19O4P/c1-3-4-8-16-10-11-6-5-7-12(9-11)17(13,14)15-2/h5-7,9H,3-4,8,10H2,1-2H3,(H,13,14). The zero-order valence-corrected chi connectivity index (χ0v) is 11.2. The average Bonchev–Trinajstić information content (AvgIpc) is 2.35. The molecule has 0 saturated carbocycles. The van der Waals surface area contributed by atoms with Crippen molar-refractivity contribution < 1.29 is 18.7 Å². The zero-order chi connectivity index (χ0) is 12.7. The summed E-state index contributed by atoms with van der Waals surface area (Å²) in [6.45, 7) is 3.27. The summed E-state index contributed by atoms with van der Waals surface area (Å²) in [6.07, 6.45) is 2.12. The molecule has 4 nitrogen and oxygen atoms in total.